The van der Waals surface area contributed by atoms with Crippen molar-refractivity contribution in [2.75, 3.05) is 26.2 Å². The van der Waals surface area contributed by atoms with Gasteiger partial charge in [-0.1, -0.05) is 74.9 Å². The van der Waals surface area contributed by atoms with Crippen LogP contribution in [0.3, 0.4) is 0 Å². The minimum atomic E-state index is -4.00. The molecule has 56 heavy (non-hydrogen) atoms. The quantitative estimate of drug-likeness (QED) is 0.0349. The molecule has 2 aromatic rings. The lowest BCUT2D eigenvalue weighted by molar-refractivity contribution is -0.139. The van der Waals surface area contributed by atoms with Gasteiger partial charge < -0.3 is 38.7 Å². The average Bonchev–Trinajstić information content (AvgIpc) is 3.14. The molecule has 0 spiro atoms. The molecule has 2 unspecified atom stereocenters. The zero-order chi connectivity index (χ0) is 41.8. The van der Waals surface area contributed by atoms with E-state index in [0.717, 1.165) is 57.8 Å². The number of nitrogens with one attached hydrogen (secondary N) is 4. The van der Waals surface area contributed by atoms with Crippen molar-refractivity contribution in [1.82, 2.24) is 20.1 Å². The van der Waals surface area contributed by atoms with Gasteiger partial charge in [-0.3, -0.25) is 24.4 Å². The number of unbranched alkanes of at least 4 members (excludes halogenated alkanes) is 8. The van der Waals surface area contributed by atoms with E-state index in [1.807, 2.05) is 0 Å². The molecule has 314 valence electrons. The molecule has 2 aromatic carbocycles. The van der Waals surface area contributed by atoms with Gasteiger partial charge in [-0.05, 0) is 56.9 Å². The Morgan fingerprint density at radius 1 is 0.625 bits per heavy atom. The summed E-state index contributed by atoms with van der Waals surface area (Å²) in [7, 11) is -7.60. The molecule has 0 aliphatic rings. The van der Waals surface area contributed by atoms with Crippen LogP contribution in [-0.2, 0) is 34.4 Å². The molecule has 20 heteroatoms. The minimum Gasteiger partial charge on any atom is -0.480 e. The van der Waals surface area contributed by atoms with E-state index in [4.69, 9.17) is 22.9 Å². The summed E-state index contributed by atoms with van der Waals surface area (Å²) >= 11 is 0. The number of hydrogen-bond acceptors (Lipinski definition) is 9. The molecule has 2 rings (SSSR count). The Morgan fingerprint density at radius 2 is 1.07 bits per heavy atom. The summed E-state index contributed by atoms with van der Waals surface area (Å²) in [4.78, 5) is 43.1. The van der Waals surface area contributed by atoms with Gasteiger partial charge in [0.05, 0.1) is 9.79 Å². The van der Waals surface area contributed by atoms with E-state index in [2.05, 4.69) is 30.1 Å². The van der Waals surface area contributed by atoms with Crippen LogP contribution in [0.2, 0.25) is 0 Å². The third-order valence-corrected chi connectivity index (χ3v) is 11.0. The molecule has 0 aliphatic carbocycles. The summed E-state index contributed by atoms with van der Waals surface area (Å²) in [5.74, 6) is -1.65. The zero-order valence-corrected chi connectivity index (χ0v) is 33.7. The number of nitrogens with two attached hydrogens (primary N) is 4. The van der Waals surface area contributed by atoms with E-state index in [-0.39, 0.29) is 52.9 Å². The second-order valence-electron chi connectivity index (χ2n) is 12.9. The number of nitrogens with zero attached hydrogens (tertiary/aromatic N) is 2. The number of guanidine groups is 2. The SMILES string of the molecule is CC(CC(=O)NCCCCCCCN=C(N)N)NS(=O)(=O)c1ccccc1.NC(N)=NCCCCCCCC(=O)NCC(NS(=O)(=O)c1ccccc1)C(=O)O. The Balaban J connectivity index is 0.000000561. The number of sulfonamides is 2. The molecular formula is C36H60N10O8S2. The number of carboxylic acids is 1. The topological polar surface area (TPSA) is 317 Å². The summed E-state index contributed by atoms with van der Waals surface area (Å²) in [6.45, 7) is 3.16. The van der Waals surface area contributed by atoms with Gasteiger partial charge in [0.2, 0.25) is 31.9 Å². The Hall–Kier alpha value is -4.79. The number of amides is 2. The summed E-state index contributed by atoms with van der Waals surface area (Å²) in [5, 5.41) is 14.5. The first kappa shape index (κ1) is 49.2. The van der Waals surface area contributed by atoms with E-state index in [1.54, 1.807) is 31.2 Å². The van der Waals surface area contributed by atoms with Crippen molar-refractivity contribution in [1.29, 1.82) is 0 Å². The van der Waals surface area contributed by atoms with Crippen LogP contribution in [0.1, 0.15) is 84.0 Å². The predicted molar refractivity (Wildman–Crippen MR) is 217 cm³/mol. The summed E-state index contributed by atoms with van der Waals surface area (Å²) in [6, 6.07) is 13.6. The molecule has 0 aliphatic heterocycles. The van der Waals surface area contributed by atoms with Crippen molar-refractivity contribution < 1.29 is 36.3 Å². The van der Waals surface area contributed by atoms with Crippen molar-refractivity contribution in [3.63, 3.8) is 0 Å². The third-order valence-electron chi connectivity index (χ3n) is 7.86. The third kappa shape index (κ3) is 23.9. The zero-order valence-electron chi connectivity index (χ0n) is 32.1. The van der Waals surface area contributed by atoms with Crippen LogP contribution in [0.15, 0.2) is 80.4 Å². The van der Waals surface area contributed by atoms with Crippen LogP contribution < -0.4 is 43.0 Å². The molecule has 13 N–H and O–H groups in total. The first-order valence-corrected chi connectivity index (χ1v) is 21.5. The van der Waals surface area contributed by atoms with E-state index in [0.29, 0.717) is 26.1 Å². The number of carbonyl (C=O) groups is 3. The molecule has 0 heterocycles. The molecule has 0 saturated heterocycles. The highest BCUT2D eigenvalue weighted by molar-refractivity contribution is 7.89. The maximum Gasteiger partial charge on any atom is 0.323 e. The standard InChI is InChI=1S/C18H29N5O5S.C18H31N5O3S/c19-18(20)21-12-8-3-1-2-7-11-16(24)22-13-15(17(25)26)23-29(27,28)14-9-5-4-6-10-14;1-15(23-27(25,26)16-10-6-5-7-11-16)14-17(24)21-12-8-3-2-4-9-13-22-18(19)20/h4-6,9-10,15,23H,1-3,7-8,11-13H2,(H,22,24)(H,25,26)(H4,19,20,21);5-7,10-11,15,23H,2-4,8-9,12-14H2,1H3,(H,21,24)(H4,19,20,22). The Morgan fingerprint density at radius 3 is 1.55 bits per heavy atom. The molecule has 2 atom stereocenters. The number of rotatable bonds is 27. The lowest BCUT2D eigenvalue weighted by atomic mass is 10.1. The lowest BCUT2D eigenvalue weighted by Crippen LogP contribution is -2.48. The van der Waals surface area contributed by atoms with Gasteiger partial charge >= 0.3 is 5.97 Å². The van der Waals surface area contributed by atoms with Gasteiger partial charge in [-0.15, -0.1) is 0 Å². The molecule has 0 radical (unpaired) electrons. The number of aliphatic imine (C=N–C) groups is 2. The fourth-order valence-electron chi connectivity index (χ4n) is 5.00. The van der Waals surface area contributed by atoms with Crippen LogP contribution in [0, 0.1) is 0 Å². The van der Waals surface area contributed by atoms with Crippen molar-refractivity contribution in [2.24, 2.45) is 32.9 Å². The van der Waals surface area contributed by atoms with E-state index in [1.165, 1.54) is 36.4 Å². The normalized spacial score (nSPS) is 12.2. The predicted octanol–water partition coefficient (Wildman–Crippen LogP) is 1.23. The molecule has 0 aromatic heterocycles. The summed E-state index contributed by atoms with van der Waals surface area (Å²) in [5.41, 5.74) is 21.0. The molecule has 0 saturated carbocycles. The Labute approximate surface area is 330 Å². The van der Waals surface area contributed by atoms with Crippen molar-refractivity contribution in [2.45, 2.75) is 106 Å². The lowest BCUT2D eigenvalue weighted by Gasteiger charge is -2.15. The van der Waals surface area contributed by atoms with Gasteiger partial charge in [-0.2, -0.15) is 4.72 Å². The number of aliphatic carboxylic acids is 1. The van der Waals surface area contributed by atoms with Crippen molar-refractivity contribution in [3.05, 3.63) is 60.7 Å². The van der Waals surface area contributed by atoms with Gasteiger partial charge in [0.1, 0.15) is 6.04 Å². The van der Waals surface area contributed by atoms with Gasteiger partial charge in [-0.25, -0.2) is 21.6 Å². The number of benzene rings is 2. The number of hydrogen-bond donors (Lipinski definition) is 9. The molecular weight excluding hydrogens is 765 g/mol. The molecule has 18 nitrogen and oxygen atoms in total. The van der Waals surface area contributed by atoms with Crippen LogP contribution in [0.4, 0.5) is 0 Å². The van der Waals surface area contributed by atoms with Crippen molar-refractivity contribution in [3.8, 4) is 0 Å². The summed E-state index contributed by atoms with van der Waals surface area (Å²) < 4.78 is 53.5. The number of carbonyl (C=O) groups excluding carboxylic acids is 2. The van der Waals surface area contributed by atoms with Crippen LogP contribution in [0.5, 0.6) is 0 Å². The van der Waals surface area contributed by atoms with E-state index < -0.39 is 38.1 Å². The Bertz CT molecular complexity index is 1720. The Kier molecular flexibility index (Phi) is 24.4. The van der Waals surface area contributed by atoms with Gasteiger partial charge in [0.15, 0.2) is 11.9 Å². The van der Waals surface area contributed by atoms with Crippen LogP contribution in [-0.4, -0.2) is 89.9 Å². The van der Waals surface area contributed by atoms with Gasteiger partial charge in [0.25, 0.3) is 0 Å². The second-order valence-corrected chi connectivity index (χ2v) is 16.3. The first-order chi connectivity index (χ1) is 26.5. The van der Waals surface area contributed by atoms with Crippen LogP contribution in [0.25, 0.3) is 0 Å². The first-order valence-electron chi connectivity index (χ1n) is 18.5. The maximum atomic E-state index is 12.2. The average molecular weight is 825 g/mol. The number of carboxylic acid groups (broad SMARTS) is 1. The minimum absolute atomic E-state index is 0.0441. The highest BCUT2D eigenvalue weighted by Crippen LogP contribution is 2.10. The van der Waals surface area contributed by atoms with E-state index >= 15 is 0 Å². The van der Waals surface area contributed by atoms with Gasteiger partial charge in [0, 0.05) is 45.1 Å². The monoisotopic (exact) mass is 824 g/mol. The highest BCUT2D eigenvalue weighted by Gasteiger charge is 2.25. The maximum absolute atomic E-state index is 12.2. The van der Waals surface area contributed by atoms with E-state index in [9.17, 15) is 36.3 Å². The largest absolute Gasteiger partial charge is 0.480 e. The fourth-order valence-corrected chi connectivity index (χ4v) is 7.48. The molecule has 2 amide bonds. The fraction of sp³-hybridized carbons (Fsp3) is 0.528. The molecule has 0 bridgehead atoms. The smallest absolute Gasteiger partial charge is 0.323 e. The van der Waals surface area contributed by atoms with Crippen LogP contribution >= 0.6 is 0 Å². The van der Waals surface area contributed by atoms with Crippen molar-refractivity contribution >= 4 is 49.7 Å². The highest BCUT2D eigenvalue weighted by atomic mass is 32.2. The summed E-state index contributed by atoms with van der Waals surface area (Å²) in [6.07, 6.45) is 9.54. The second kappa shape index (κ2) is 27.7. The molecule has 0 fully saturated rings.